The second-order valence-corrected chi connectivity index (χ2v) is 8.26. The van der Waals surface area contributed by atoms with Gasteiger partial charge in [0.25, 0.3) is 15.9 Å². The summed E-state index contributed by atoms with van der Waals surface area (Å²) < 4.78 is 27.8. The molecule has 28 heavy (non-hydrogen) atoms. The van der Waals surface area contributed by atoms with E-state index < -0.39 is 10.0 Å². The van der Waals surface area contributed by atoms with Gasteiger partial charge in [-0.1, -0.05) is 12.1 Å². The monoisotopic (exact) mass is 400 g/mol. The number of rotatable bonds is 7. The van der Waals surface area contributed by atoms with E-state index in [0.29, 0.717) is 6.54 Å². The summed E-state index contributed by atoms with van der Waals surface area (Å²) in [4.78, 5) is 18.5. The van der Waals surface area contributed by atoms with Crippen molar-refractivity contribution >= 4 is 27.4 Å². The molecule has 0 atom stereocenters. The molecular weight excluding hydrogens is 376 g/mol. The van der Waals surface area contributed by atoms with Crippen molar-refractivity contribution in [3.05, 3.63) is 60.8 Å². The number of nitrogens with zero attached hydrogens (tertiary/aromatic N) is 2. The molecule has 3 rings (SSSR count). The fourth-order valence-electron chi connectivity index (χ4n) is 3.05. The number of carbonyl (C=O) groups excluding carboxylic acids is 1. The quantitative estimate of drug-likeness (QED) is 0.698. The molecule has 2 heterocycles. The van der Waals surface area contributed by atoms with Gasteiger partial charge in [0.1, 0.15) is 5.82 Å². The molecule has 2 N–H and O–H groups in total. The topological polar surface area (TPSA) is 91.4 Å². The van der Waals surface area contributed by atoms with E-state index in [0.717, 1.165) is 31.6 Å². The number of piperidine rings is 1. The fraction of sp³-hybridized carbons (Fsp3) is 0.300. The third kappa shape index (κ3) is 4.89. The molecular formula is C20H24N4O3S. The number of benzene rings is 1. The molecule has 0 spiro atoms. The van der Waals surface area contributed by atoms with Crippen LogP contribution in [0.15, 0.2) is 60.1 Å². The van der Waals surface area contributed by atoms with Gasteiger partial charge in [0, 0.05) is 25.2 Å². The molecule has 0 aliphatic carbocycles. The van der Waals surface area contributed by atoms with Crippen LogP contribution >= 0.6 is 0 Å². The minimum atomic E-state index is -3.85. The van der Waals surface area contributed by atoms with Crippen molar-refractivity contribution in [3.8, 4) is 0 Å². The predicted molar refractivity (Wildman–Crippen MR) is 110 cm³/mol. The average Bonchev–Trinajstić information content (AvgIpc) is 2.73. The number of hydrogen-bond acceptors (Lipinski definition) is 5. The molecule has 0 bridgehead atoms. The number of amides is 1. The summed E-state index contributed by atoms with van der Waals surface area (Å²) >= 11 is 0. The summed E-state index contributed by atoms with van der Waals surface area (Å²) in [6.45, 7) is 5.83. The Kier molecular flexibility index (Phi) is 6.30. The molecule has 0 saturated carbocycles. The zero-order valence-electron chi connectivity index (χ0n) is 15.6. The highest BCUT2D eigenvalue weighted by molar-refractivity contribution is 7.92. The van der Waals surface area contributed by atoms with E-state index in [9.17, 15) is 13.2 Å². The van der Waals surface area contributed by atoms with Crippen molar-refractivity contribution in [1.29, 1.82) is 0 Å². The third-order valence-electron chi connectivity index (χ3n) is 4.52. The van der Waals surface area contributed by atoms with Crippen molar-refractivity contribution in [3.63, 3.8) is 0 Å². The van der Waals surface area contributed by atoms with E-state index in [2.05, 4.69) is 26.5 Å². The molecule has 148 valence electrons. The highest BCUT2D eigenvalue weighted by Crippen LogP contribution is 2.21. The van der Waals surface area contributed by atoms with Gasteiger partial charge in [-0.05, 0) is 49.6 Å². The van der Waals surface area contributed by atoms with E-state index in [1.807, 2.05) is 6.07 Å². The third-order valence-corrected chi connectivity index (χ3v) is 5.87. The lowest BCUT2D eigenvalue weighted by atomic mass is 10.1. The summed E-state index contributed by atoms with van der Waals surface area (Å²) in [5, 5.41) is 2.63. The summed E-state index contributed by atoms with van der Waals surface area (Å²) in [6, 6.07) is 9.39. The maximum atomic E-state index is 12.7. The normalized spacial score (nSPS) is 14.4. The highest BCUT2D eigenvalue weighted by Gasteiger charge is 2.18. The Balaban J connectivity index is 1.72. The maximum absolute atomic E-state index is 12.7. The van der Waals surface area contributed by atoms with Gasteiger partial charge in [0.15, 0.2) is 0 Å². The summed E-state index contributed by atoms with van der Waals surface area (Å²) in [7, 11) is -3.85. The number of carbonyl (C=O) groups is 1. The number of anilines is 2. The lowest BCUT2D eigenvalue weighted by Gasteiger charge is -2.28. The van der Waals surface area contributed by atoms with Crippen LogP contribution in [0.25, 0.3) is 0 Å². The number of aromatic nitrogens is 1. The summed E-state index contributed by atoms with van der Waals surface area (Å²) in [5.41, 5.74) is 1.25. The van der Waals surface area contributed by atoms with Crippen molar-refractivity contribution in [2.45, 2.75) is 24.2 Å². The van der Waals surface area contributed by atoms with Gasteiger partial charge >= 0.3 is 0 Å². The van der Waals surface area contributed by atoms with E-state index >= 15 is 0 Å². The molecule has 8 heteroatoms. The predicted octanol–water partition coefficient (Wildman–Crippen LogP) is 2.79. The molecule has 1 aliphatic rings. The Morgan fingerprint density at radius 1 is 1.18 bits per heavy atom. The SMILES string of the molecule is C=CCNC(=O)c1cccc(S(=O)(=O)Nc2ccc(N3CCCCC3)cn2)c1. The molecule has 1 aromatic heterocycles. The van der Waals surface area contributed by atoms with Gasteiger partial charge in [0.05, 0.1) is 16.8 Å². The van der Waals surface area contributed by atoms with Gasteiger partial charge in [-0.15, -0.1) is 6.58 Å². The molecule has 1 aliphatic heterocycles. The van der Waals surface area contributed by atoms with Crippen LogP contribution in [0.5, 0.6) is 0 Å². The lowest BCUT2D eigenvalue weighted by molar-refractivity contribution is 0.0958. The first-order valence-electron chi connectivity index (χ1n) is 9.22. The van der Waals surface area contributed by atoms with Crippen LogP contribution in [-0.4, -0.2) is 38.9 Å². The largest absolute Gasteiger partial charge is 0.370 e. The number of sulfonamides is 1. The number of hydrogen-bond donors (Lipinski definition) is 2. The second kappa shape index (κ2) is 8.88. The first-order chi connectivity index (χ1) is 13.5. The van der Waals surface area contributed by atoms with Gasteiger partial charge < -0.3 is 10.2 Å². The van der Waals surface area contributed by atoms with Crippen LogP contribution in [0.4, 0.5) is 11.5 Å². The molecule has 1 saturated heterocycles. The van der Waals surface area contributed by atoms with Crippen molar-refractivity contribution in [2.24, 2.45) is 0 Å². The van der Waals surface area contributed by atoms with Crippen molar-refractivity contribution in [2.75, 3.05) is 29.3 Å². The van der Waals surface area contributed by atoms with Crippen LogP contribution < -0.4 is 14.9 Å². The summed E-state index contributed by atoms with van der Waals surface area (Å²) in [6.07, 6.45) is 6.80. The van der Waals surface area contributed by atoms with Crippen LogP contribution in [0.1, 0.15) is 29.6 Å². The Bertz CT molecular complexity index is 936. The molecule has 0 unspecified atom stereocenters. The van der Waals surface area contributed by atoms with Crippen LogP contribution in [0.3, 0.4) is 0 Å². The Labute approximate surface area is 165 Å². The molecule has 7 nitrogen and oxygen atoms in total. The van der Waals surface area contributed by atoms with E-state index in [1.54, 1.807) is 24.4 Å². The summed E-state index contributed by atoms with van der Waals surface area (Å²) in [5.74, 6) is -0.122. The smallest absolute Gasteiger partial charge is 0.263 e. The standard InChI is InChI=1S/C20H24N4O3S/c1-2-11-21-20(25)16-7-6-8-18(14-16)28(26,27)23-19-10-9-17(15-22-19)24-12-4-3-5-13-24/h2,6-10,14-15H,1,3-5,11-13H2,(H,21,25)(H,22,23). The Morgan fingerprint density at radius 3 is 2.64 bits per heavy atom. The molecule has 1 fully saturated rings. The first-order valence-corrected chi connectivity index (χ1v) is 10.7. The molecule has 1 aromatic carbocycles. The van der Waals surface area contributed by atoms with E-state index in [-0.39, 0.29) is 22.2 Å². The molecule has 1 amide bonds. The Hall–Kier alpha value is -2.87. The van der Waals surface area contributed by atoms with Gasteiger partial charge in [0.2, 0.25) is 0 Å². The zero-order valence-corrected chi connectivity index (χ0v) is 16.4. The van der Waals surface area contributed by atoms with E-state index in [1.165, 1.54) is 24.6 Å². The second-order valence-electron chi connectivity index (χ2n) is 6.58. The van der Waals surface area contributed by atoms with E-state index in [4.69, 9.17) is 0 Å². The van der Waals surface area contributed by atoms with Crippen LogP contribution in [0, 0.1) is 0 Å². The maximum Gasteiger partial charge on any atom is 0.263 e. The minimum Gasteiger partial charge on any atom is -0.370 e. The zero-order chi connectivity index (χ0) is 20.0. The number of nitrogens with one attached hydrogen (secondary N) is 2. The highest BCUT2D eigenvalue weighted by atomic mass is 32.2. The lowest BCUT2D eigenvalue weighted by Crippen LogP contribution is -2.29. The first kappa shape index (κ1) is 19.9. The van der Waals surface area contributed by atoms with Gasteiger partial charge in [-0.2, -0.15) is 0 Å². The van der Waals surface area contributed by atoms with Gasteiger partial charge in [-0.25, -0.2) is 13.4 Å². The average molecular weight is 401 g/mol. The fourth-order valence-corrected chi connectivity index (χ4v) is 4.11. The Morgan fingerprint density at radius 2 is 1.96 bits per heavy atom. The van der Waals surface area contributed by atoms with Crippen molar-refractivity contribution < 1.29 is 13.2 Å². The minimum absolute atomic E-state index is 0.000611. The molecule has 0 radical (unpaired) electrons. The van der Waals surface area contributed by atoms with Crippen molar-refractivity contribution in [1.82, 2.24) is 10.3 Å². The number of pyridine rings is 1. The molecule has 2 aromatic rings. The van der Waals surface area contributed by atoms with Crippen LogP contribution in [0.2, 0.25) is 0 Å². The van der Waals surface area contributed by atoms with Crippen LogP contribution in [-0.2, 0) is 10.0 Å². The van der Waals surface area contributed by atoms with Gasteiger partial charge in [-0.3, -0.25) is 9.52 Å².